The Morgan fingerprint density at radius 2 is 0.839 bits per heavy atom. The van der Waals surface area contributed by atoms with Gasteiger partial charge in [0.1, 0.15) is 11.2 Å². The minimum absolute atomic E-state index is 0.871. The molecule has 2 aromatic heterocycles. The van der Waals surface area contributed by atoms with E-state index < -0.39 is 0 Å². The quantitative estimate of drug-likeness (QED) is 0.166. The second-order valence-electron chi connectivity index (χ2n) is 14.8. The molecule has 0 saturated carbocycles. The molecule has 0 saturated heterocycles. The minimum atomic E-state index is 0.871. The van der Waals surface area contributed by atoms with Crippen LogP contribution in [0.4, 0.5) is 0 Å². The Bertz CT molecular complexity index is 3230. The van der Waals surface area contributed by atoms with E-state index in [4.69, 9.17) is 9.40 Å². The maximum Gasteiger partial charge on any atom is 0.136 e. The number of benzene rings is 9. The van der Waals surface area contributed by atoms with Crippen LogP contribution < -0.4 is 0 Å². The van der Waals surface area contributed by atoms with Gasteiger partial charge < -0.3 is 4.42 Å². The molecule has 0 amide bonds. The molecular formula is C54H35NO. The molecule has 0 atom stereocenters. The molecule has 0 spiro atoms. The zero-order valence-corrected chi connectivity index (χ0v) is 30.8. The maximum absolute atomic E-state index is 6.50. The molecule has 56 heavy (non-hydrogen) atoms. The molecule has 0 bridgehead atoms. The van der Waals surface area contributed by atoms with Crippen LogP contribution in [0.15, 0.2) is 199 Å². The summed E-state index contributed by atoms with van der Waals surface area (Å²) in [5.74, 6) is 0. The summed E-state index contributed by atoms with van der Waals surface area (Å²) in [5.41, 5.74) is 14.0. The van der Waals surface area contributed by atoms with Crippen molar-refractivity contribution < 1.29 is 4.42 Å². The van der Waals surface area contributed by atoms with E-state index in [0.717, 1.165) is 66.7 Å². The first-order valence-electron chi connectivity index (χ1n) is 19.2. The molecular weight excluding hydrogens is 679 g/mol. The van der Waals surface area contributed by atoms with Crippen LogP contribution in [0.3, 0.4) is 0 Å². The maximum atomic E-state index is 6.50. The van der Waals surface area contributed by atoms with Crippen molar-refractivity contribution in [2.24, 2.45) is 0 Å². The molecule has 9 aromatic carbocycles. The Kier molecular flexibility index (Phi) is 7.43. The smallest absolute Gasteiger partial charge is 0.136 e. The van der Waals surface area contributed by atoms with Crippen LogP contribution in [0.2, 0.25) is 0 Å². The first kappa shape index (κ1) is 32.2. The number of hydrogen-bond donors (Lipinski definition) is 0. The van der Waals surface area contributed by atoms with Crippen molar-refractivity contribution in [2.45, 2.75) is 6.92 Å². The second-order valence-corrected chi connectivity index (χ2v) is 14.8. The molecule has 0 fully saturated rings. The number of furan rings is 1. The van der Waals surface area contributed by atoms with Gasteiger partial charge in [0.05, 0.1) is 11.4 Å². The Balaban J connectivity index is 1.01. The molecule has 11 aromatic rings. The summed E-state index contributed by atoms with van der Waals surface area (Å²) < 4.78 is 6.50. The SMILES string of the molecule is Cc1ccc2c3ccccc3c3cc(-c4ccc(-c5ccc6oc7cccc(-c8cc(-c9ccccc9)nc(-c9ccccc9)c8)c7c6c5)cc4)ccc3c2c1. The molecule has 262 valence electrons. The standard InChI is InChI=1S/C54H35NO/c1-34-19-26-45-43-15-8-9-16-44(43)48-30-39(24-27-46(48)47(45)29-34)35-20-22-36(23-21-35)40-25-28-52-49(31-40)54-42(17-10-18-53(54)56-52)41-32-50(37-11-4-2-5-12-37)55-51(33-41)38-13-6-3-7-14-38/h2-33H,1H3. The summed E-state index contributed by atoms with van der Waals surface area (Å²) in [6, 6.07) is 69.7. The van der Waals surface area contributed by atoms with Crippen molar-refractivity contribution >= 4 is 54.3 Å². The summed E-state index contributed by atoms with van der Waals surface area (Å²) in [5, 5.41) is 9.98. The Morgan fingerprint density at radius 1 is 0.321 bits per heavy atom. The fourth-order valence-electron chi connectivity index (χ4n) is 8.55. The van der Waals surface area contributed by atoms with Crippen LogP contribution in [0.25, 0.3) is 110 Å². The van der Waals surface area contributed by atoms with Gasteiger partial charge in [-0.1, -0.05) is 163 Å². The van der Waals surface area contributed by atoms with E-state index in [0.29, 0.717) is 0 Å². The molecule has 2 heteroatoms. The van der Waals surface area contributed by atoms with E-state index in [1.165, 1.54) is 49.0 Å². The van der Waals surface area contributed by atoms with Crippen molar-refractivity contribution in [3.63, 3.8) is 0 Å². The van der Waals surface area contributed by atoms with Gasteiger partial charge in [-0.2, -0.15) is 0 Å². The predicted octanol–water partition coefficient (Wildman–Crippen LogP) is 15.1. The number of pyridine rings is 1. The Morgan fingerprint density at radius 3 is 1.52 bits per heavy atom. The zero-order chi connectivity index (χ0) is 37.2. The number of aromatic nitrogens is 1. The fourth-order valence-corrected chi connectivity index (χ4v) is 8.55. The minimum Gasteiger partial charge on any atom is -0.456 e. The summed E-state index contributed by atoms with van der Waals surface area (Å²) in [4.78, 5) is 5.13. The largest absolute Gasteiger partial charge is 0.456 e. The highest BCUT2D eigenvalue weighted by molar-refractivity contribution is 6.26. The summed E-state index contributed by atoms with van der Waals surface area (Å²) in [6.45, 7) is 2.17. The predicted molar refractivity (Wildman–Crippen MR) is 236 cm³/mol. The van der Waals surface area contributed by atoms with Gasteiger partial charge in [-0.05, 0) is 109 Å². The van der Waals surface area contributed by atoms with Gasteiger partial charge in [0.25, 0.3) is 0 Å². The van der Waals surface area contributed by atoms with Gasteiger partial charge in [-0.15, -0.1) is 0 Å². The van der Waals surface area contributed by atoms with Crippen LogP contribution >= 0.6 is 0 Å². The molecule has 0 radical (unpaired) electrons. The van der Waals surface area contributed by atoms with E-state index in [1.54, 1.807) is 0 Å². The third-order valence-electron chi connectivity index (χ3n) is 11.3. The fraction of sp³-hybridized carbons (Fsp3) is 0.0185. The molecule has 2 nitrogen and oxygen atoms in total. The normalized spacial score (nSPS) is 11.7. The molecule has 2 heterocycles. The van der Waals surface area contributed by atoms with Crippen molar-refractivity contribution in [2.75, 3.05) is 0 Å². The zero-order valence-electron chi connectivity index (χ0n) is 30.8. The van der Waals surface area contributed by atoms with Gasteiger partial charge >= 0.3 is 0 Å². The van der Waals surface area contributed by atoms with Crippen LogP contribution in [0, 0.1) is 6.92 Å². The molecule has 0 aliphatic rings. The summed E-state index contributed by atoms with van der Waals surface area (Å²) in [6.07, 6.45) is 0. The average Bonchev–Trinajstić information content (AvgIpc) is 3.65. The van der Waals surface area contributed by atoms with E-state index in [-0.39, 0.29) is 0 Å². The van der Waals surface area contributed by atoms with Gasteiger partial charge in [0.15, 0.2) is 0 Å². The van der Waals surface area contributed by atoms with Crippen LogP contribution in [-0.2, 0) is 0 Å². The van der Waals surface area contributed by atoms with Crippen molar-refractivity contribution in [3.8, 4) is 55.9 Å². The lowest BCUT2D eigenvalue weighted by Crippen LogP contribution is -1.91. The van der Waals surface area contributed by atoms with Crippen LogP contribution in [0.5, 0.6) is 0 Å². The summed E-state index contributed by atoms with van der Waals surface area (Å²) in [7, 11) is 0. The van der Waals surface area contributed by atoms with E-state index in [9.17, 15) is 0 Å². The highest BCUT2D eigenvalue weighted by Gasteiger charge is 2.17. The lowest BCUT2D eigenvalue weighted by Gasteiger charge is -2.13. The van der Waals surface area contributed by atoms with E-state index >= 15 is 0 Å². The number of aryl methyl sites for hydroxylation is 1. The molecule has 0 aliphatic heterocycles. The van der Waals surface area contributed by atoms with Crippen LogP contribution in [-0.4, -0.2) is 4.98 Å². The monoisotopic (exact) mass is 713 g/mol. The third kappa shape index (κ3) is 5.38. The van der Waals surface area contributed by atoms with Gasteiger partial charge in [0.2, 0.25) is 0 Å². The van der Waals surface area contributed by atoms with Crippen molar-refractivity contribution in [3.05, 3.63) is 200 Å². The number of rotatable bonds is 5. The highest BCUT2D eigenvalue weighted by Crippen LogP contribution is 2.41. The number of fused-ring (bicyclic) bond motifs is 9. The van der Waals surface area contributed by atoms with Crippen LogP contribution in [0.1, 0.15) is 5.56 Å². The van der Waals surface area contributed by atoms with E-state index in [2.05, 4.69) is 189 Å². The first-order chi connectivity index (χ1) is 27.6. The van der Waals surface area contributed by atoms with Crippen molar-refractivity contribution in [1.82, 2.24) is 4.98 Å². The summed E-state index contributed by atoms with van der Waals surface area (Å²) >= 11 is 0. The lowest BCUT2D eigenvalue weighted by atomic mass is 9.91. The van der Waals surface area contributed by atoms with Gasteiger partial charge in [-0.25, -0.2) is 4.98 Å². The van der Waals surface area contributed by atoms with E-state index in [1.807, 2.05) is 12.1 Å². The van der Waals surface area contributed by atoms with Gasteiger partial charge in [0, 0.05) is 21.9 Å². The molecule has 0 N–H and O–H groups in total. The second kappa shape index (κ2) is 12.9. The van der Waals surface area contributed by atoms with Crippen molar-refractivity contribution in [1.29, 1.82) is 0 Å². The highest BCUT2D eigenvalue weighted by atomic mass is 16.3. The molecule has 0 aliphatic carbocycles. The van der Waals surface area contributed by atoms with Gasteiger partial charge in [-0.3, -0.25) is 0 Å². The number of nitrogens with zero attached hydrogens (tertiary/aromatic N) is 1. The number of hydrogen-bond acceptors (Lipinski definition) is 2. The average molecular weight is 714 g/mol. The molecule has 0 unspecified atom stereocenters. The third-order valence-corrected chi connectivity index (χ3v) is 11.3. The lowest BCUT2D eigenvalue weighted by molar-refractivity contribution is 0.669. The first-order valence-corrected chi connectivity index (χ1v) is 19.2. The Hall–Kier alpha value is -7.29. The molecule has 11 rings (SSSR count). The topological polar surface area (TPSA) is 26.0 Å². The Labute approximate surface area is 325 Å².